The monoisotopic (exact) mass is 433 g/mol. The smallest absolute Gasteiger partial charge is 0.338 e. The molecule has 150 valence electrons. The van der Waals surface area contributed by atoms with E-state index < -0.39 is 16.0 Å². The molecule has 29 heavy (non-hydrogen) atoms. The van der Waals surface area contributed by atoms with Crippen LogP contribution in [-0.2, 0) is 21.4 Å². The van der Waals surface area contributed by atoms with Gasteiger partial charge in [0, 0.05) is 16.6 Å². The number of rotatable bonds is 7. The minimum absolute atomic E-state index is 0.0109. The number of sulfonamides is 1. The summed E-state index contributed by atoms with van der Waals surface area (Å²) in [5.41, 5.74) is 0.906. The van der Waals surface area contributed by atoms with E-state index in [0.29, 0.717) is 10.6 Å². The Bertz CT molecular complexity index is 1120. The molecule has 8 nitrogen and oxygen atoms in total. The van der Waals surface area contributed by atoms with Crippen molar-refractivity contribution in [3.8, 4) is 11.5 Å². The number of nitrogens with one attached hydrogen (secondary N) is 1. The Morgan fingerprint density at radius 3 is 2.45 bits per heavy atom. The first-order valence-corrected chi connectivity index (χ1v) is 10.6. The van der Waals surface area contributed by atoms with E-state index in [-0.39, 0.29) is 34.9 Å². The first-order valence-electron chi connectivity index (χ1n) is 8.78. The Balaban J connectivity index is 1.36. The lowest BCUT2D eigenvalue weighted by Gasteiger charge is -2.06. The molecule has 1 aliphatic carbocycles. The van der Waals surface area contributed by atoms with Gasteiger partial charge in [-0.3, -0.25) is 0 Å². The fraction of sp³-hybridized carbons (Fsp3) is 0.211. The normalized spacial score (nSPS) is 14.0. The quantitative estimate of drug-likeness (QED) is 0.569. The lowest BCUT2D eigenvalue weighted by molar-refractivity contribution is 0.0438. The summed E-state index contributed by atoms with van der Waals surface area (Å²) in [7, 11) is -3.56. The van der Waals surface area contributed by atoms with Crippen molar-refractivity contribution in [2.24, 2.45) is 0 Å². The lowest BCUT2D eigenvalue weighted by atomic mass is 10.2. The standard InChI is InChI=1S/C19H16ClN3O5S/c20-14-5-1-12(2-6-14)18-22-21-17(28-18)11-27-19(24)13-3-9-16(10-4-13)29(25,26)23-15-7-8-15/h1-6,9-10,15,23H,7-8,11H2. The van der Waals surface area contributed by atoms with E-state index in [1.165, 1.54) is 24.3 Å². The van der Waals surface area contributed by atoms with Crippen molar-refractivity contribution in [1.29, 1.82) is 0 Å². The van der Waals surface area contributed by atoms with Crippen LogP contribution in [0.15, 0.2) is 57.8 Å². The van der Waals surface area contributed by atoms with Crippen LogP contribution in [0.25, 0.3) is 11.5 Å². The van der Waals surface area contributed by atoms with E-state index in [0.717, 1.165) is 12.8 Å². The molecule has 4 rings (SSSR count). The molecule has 0 radical (unpaired) electrons. The number of carbonyl (C=O) groups is 1. The molecule has 0 atom stereocenters. The number of nitrogens with zero attached hydrogens (tertiary/aromatic N) is 2. The van der Waals surface area contributed by atoms with Crippen molar-refractivity contribution in [2.45, 2.75) is 30.4 Å². The zero-order valence-electron chi connectivity index (χ0n) is 15.0. The summed E-state index contributed by atoms with van der Waals surface area (Å²) >= 11 is 5.85. The Kier molecular flexibility index (Phi) is 5.35. The van der Waals surface area contributed by atoms with Crippen LogP contribution in [0.3, 0.4) is 0 Å². The minimum atomic E-state index is -3.56. The maximum atomic E-state index is 12.2. The third-order valence-electron chi connectivity index (χ3n) is 4.18. The zero-order chi connectivity index (χ0) is 20.4. The summed E-state index contributed by atoms with van der Waals surface area (Å²) in [6.07, 6.45) is 1.69. The molecule has 0 aliphatic heterocycles. The van der Waals surface area contributed by atoms with E-state index in [1.807, 2.05) is 0 Å². The van der Waals surface area contributed by atoms with E-state index in [4.69, 9.17) is 20.8 Å². The van der Waals surface area contributed by atoms with Gasteiger partial charge in [-0.05, 0) is 61.4 Å². The van der Waals surface area contributed by atoms with Gasteiger partial charge in [-0.15, -0.1) is 10.2 Å². The van der Waals surface area contributed by atoms with Crippen LogP contribution in [0.5, 0.6) is 0 Å². The Hall–Kier alpha value is -2.75. The summed E-state index contributed by atoms with van der Waals surface area (Å²) in [4.78, 5) is 12.3. The molecule has 1 fully saturated rings. The molecule has 0 amide bonds. The topological polar surface area (TPSA) is 111 Å². The molecule has 3 aromatic rings. The van der Waals surface area contributed by atoms with Crippen LogP contribution in [0.2, 0.25) is 5.02 Å². The van der Waals surface area contributed by atoms with Crippen molar-refractivity contribution >= 4 is 27.6 Å². The minimum Gasteiger partial charge on any atom is -0.452 e. The molecule has 1 heterocycles. The second-order valence-corrected chi connectivity index (χ2v) is 8.65. The van der Waals surface area contributed by atoms with E-state index >= 15 is 0 Å². The van der Waals surface area contributed by atoms with Gasteiger partial charge in [0.15, 0.2) is 6.61 Å². The van der Waals surface area contributed by atoms with Crippen LogP contribution in [0.4, 0.5) is 0 Å². The largest absolute Gasteiger partial charge is 0.452 e. The Morgan fingerprint density at radius 1 is 1.10 bits per heavy atom. The first kappa shape index (κ1) is 19.6. The summed E-state index contributed by atoms with van der Waals surface area (Å²) < 4.78 is 37.5. The molecule has 0 spiro atoms. The molecular weight excluding hydrogens is 418 g/mol. The van der Waals surface area contributed by atoms with Gasteiger partial charge in [-0.25, -0.2) is 17.9 Å². The van der Waals surface area contributed by atoms with Gasteiger partial charge >= 0.3 is 5.97 Å². The van der Waals surface area contributed by atoms with Crippen molar-refractivity contribution in [3.05, 3.63) is 65.0 Å². The van der Waals surface area contributed by atoms with Gasteiger partial charge in [0.2, 0.25) is 15.9 Å². The van der Waals surface area contributed by atoms with Crippen LogP contribution >= 0.6 is 11.6 Å². The summed E-state index contributed by atoms with van der Waals surface area (Å²) in [6.45, 7) is -0.206. The van der Waals surface area contributed by atoms with Gasteiger partial charge in [-0.1, -0.05) is 11.6 Å². The van der Waals surface area contributed by atoms with E-state index in [1.54, 1.807) is 24.3 Å². The Labute approximate surface area is 171 Å². The molecule has 1 aliphatic rings. The van der Waals surface area contributed by atoms with Crippen molar-refractivity contribution < 1.29 is 22.4 Å². The molecule has 2 aromatic carbocycles. The van der Waals surface area contributed by atoms with Crippen LogP contribution in [-0.4, -0.2) is 30.6 Å². The van der Waals surface area contributed by atoms with Crippen LogP contribution < -0.4 is 4.72 Å². The number of ether oxygens (including phenoxy) is 1. The number of benzene rings is 2. The van der Waals surface area contributed by atoms with Gasteiger partial charge in [0.05, 0.1) is 10.5 Å². The van der Waals surface area contributed by atoms with E-state index in [9.17, 15) is 13.2 Å². The maximum Gasteiger partial charge on any atom is 0.338 e. The average molecular weight is 434 g/mol. The van der Waals surface area contributed by atoms with Crippen LogP contribution in [0, 0.1) is 0 Å². The molecular formula is C19H16ClN3O5S. The highest BCUT2D eigenvalue weighted by atomic mass is 35.5. The maximum absolute atomic E-state index is 12.2. The number of esters is 1. The van der Waals surface area contributed by atoms with Gasteiger partial charge in [0.25, 0.3) is 5.89 Å². The third-order valence-corrected chi connectivity index (χ3v) is 5.97. The van der Waals surface area contributed by atoms with Gasteiger partial charge in [-0.2, -0.15) is 0 Å². The highest BCUT2D eigenvalue weighted by molar-refractivity contribution is 7.89. The third kappa shape index (κ3) is 4.81. The van der Waals surface area contributed by atoms with Crippen molar-refractivity contribution in [2.75, 3.05) is 0 Å². The second-order valence-electron chi connectivity index (χ2n) is 6.50. The predicted molar refractivity (Wildman–Crippen MR) is 104 cm³/mol. The van der Waals surface area contributed by atoms with Crippen molar-refractivity contribution in [3.63, 3.8) is 0 Å². The predicted octanol–water partition coefficient (Wildman–Crippen LogP) is 3.19. The summed E-state index contributed by atoms with van der Waals surface area (Å²) in [6, 6.07) is 12.4. The molecule has 10 heteroatoms. The molecule has 1 aromatic heterocycles. The van der Waals surface area contributed by atoms with Crippen molar-refractivity contribution in [1.82, 2.24) is 14.9 Å². The van der Waals surface area contributed by atoms with Gasteiger partial charge in [0.1, 0.15) is 0 Å². The second kappa shape index (κ2) is 7.94. The van der Waals surface area contributed by atoms with Gasteiger partial charge < -0.3 is 9.15 Å². The molecule has 1 N–H and O–H groups in total. The van der Waals surface area contributed by atoms with Crippen LogP contribution in [0.1, 0.15) is 29.1 Å². The fourth-order valence-corrected chi connectivity index (χ4v) is 3.92. The SMILES string of the molecule is O=C(OCc1nnc(-c2ccc(Cl)cc2)o1)c1ccc(S(=O)(=O)NC2CC2)cc1. The number of halogens is 1. The number of hydrogen-bond acceptors (Lipinski definition) is 7. The molecule has 0 saturated heterocycles. The molecule has 0 bridgehead atoms. The summed E-state index contributed by atoms with van der Waals surface area (Å²) in [5.74, 6) is -0.211. The first-order chi connectivity index (χ1) is 13.9. The number of aromatic nitrogens is 2. The zero-order valence-corrected chi connectivity index (χ0v) is 16.6. The fourth-order valence-electron chi connectivity index (χ4n) is 2.49. The lowest BCUT2D eigenvalue weighted by Crippen LogP contribution is -2.25. The Morgan fingerprint density at radius 2 is 1.79 bits per heavy atom. The highest BCUT2D eigenvalue weighted by Crippen LogP contribution is 2.23. The number of carbonyl (C=O) groups excluding carboxylic acids is 1. The summed E-state index contributed by atoms with van der Waals surface area (Å²) in [5, 5.41) is 8.34. The van der Waals surface area contributed by atoms with E-state index in [2.05, 4.69) is 14.9 Å². The average Bonchev–Trinajstić information content (AvgIpc) is 3.39. The number of hydrogen-bond donors (Lipinski definition) is 1. The highest BCUT2D eigenvalue weighted by Gasteiger charge is 2.28. The molecule has 1 saturated carbocycles. The molecule has 0 unspecified atom stereocenters.